The summed E-state index contributed by atoms with van der Waals surface area (Å²) < 4.78 is 25.2. The molecule has 0 radical (unpaired) electrons. The maximum atomic E-state index is 12.7. The Kier molecular flexibility index (Phi) is 3.62. The van der Waals surface area contributed by atoms with Gasteiger partial charge in [-0.05, 0) is 37.5 Å². The Morgan fingerprint density at radius 2 is 2.00 bits per heavy atom. The largest absolute Gasteiger partial charge is 0.204 e. The van der Waals surface area contributed by atoms with E-state index in [-0.39, 0.29) is 0 Å². The van der Waals surface area contributed by atoms with E-state index in [0.29, 0.717) is 0 Å². The number of hydrogen-bond acceptors (Lipinski definition) is 0. The van der Waals surface area contributed by atoms with Crippen LogP contribution in [0.3, 0.4) is 0 Å². The average molecular weight is 182 g/mol. The first-order valence-corrected chi connectivity index (χ1v) is 4.29. The zero-order valence-corrected chi connectivity index (χ0v) is 7.56. The zero-order chi connectivity index (χ0) is 9.68. The van der Waals surface area contributed by atoms with Gasteiger partial charge in [-0.1, -0.05) is 18.2 Å². The van der Waals surface area contributed by atoms with E-state index in [1.54, 1.807) is 6.07 Å². The van der Waals surface area contributed by atoms with Crippen LogP contribution in [0.2, 0.25) is 0 Å². The van der Waals surface area contributed by atoms with Gasteiger partial charge in [0.25, 0.3) is 0 Å². The molecule has 0 unspecified atom stereocenters. The van der Waals surface area contributed by atoms with Crippen molar-refractivity contribution >= 4 is 0 Å². The molecule has 0 aliphatic carbocycles. The molecule has 0 atom stereocenters. The lowest BCUT2D eigenvalue weighted by atomic mass is 10.1. The summed E-state index contributed by atoms with van der Waals surface area (Å²) in [5.41, 5.74) is 0.831. The lowest BCUT2D eigenvalue weighted by Gasteiger charge is -1.98. The summed E-state index contributed by atoms with van der Waals surface area (Å²) in [5.74, 6) is -1.55. The first kappa shape index (κ1) is 9.90. The number of aryl methyl sites for hydroxylation is 1. The summed E-state index contributed by atoms with van der Waals surface area (Å²) in [5, 5.41) is 0. The SMILES string of the molecule is C/C=C\CCc1ccc(F)c(F)c1. The number of rotatable bonds is 3. The van der Waals surface area contributed by atoms with Gasteiger partial charge in [0.1, 0.15) is 0 Å². The monoisotopic (exact) mass is 182 g/mol. The molecule has 0 amide bonds. The highest BCUT2D eigenvalue weighted by Crippen LogP contribution is 2.10. The predicted molar refractivity (Wildman–Crippen MR) is 49.5 cm³/mol. The first-order valence-electron chi connectivity index (χ1n) is 4.29. The lowest BCUT2D eigenvalue weighted by Crippen LogP contribution is -1.88. The van der Waals surface area contributed by atoms with Crippen molar-refractivity contribution in [3.8, 4) is 0 Å². The molecule has 0 nitrogen and oxygen atoms in total. The second-order valence-corrected chi connectivity index (χ2v) is 2.86. The van der Waals surface area contributed by atoms with Gasteiger partial charge in [-0.2, -0.15) is 0 Å². The molecule has 0 aromatic heterocycles. The molecule has 0 aliphatic heterocycles. The third-order valence-corrected chi connectivity index (χ3v) is 1.82. The van der Waals surface area contributed by atoms with E-state index in [4.69, 9.17) is 0 Å². The first-order chi connectivity index (χ1) is 6.24. The molecule has 70 valence electrons. The molecular weight excluding hydrogens is 170 g/mol. The van der Waals surface area contributed by atoms with Crippen LogP contribution >= 0.6 is 0 Å². The molecule has 2 heteroatoms. The van der Waals surface area contributed by atoms with Crippen molar-refractivity contribution in [2.75, 3.05) is 0 Å². The molecule has 0 bridgehead atoms. The van der Waals surface area contributed by atoms with Gasteiger partial charge in [-0.25, -0.2) is 8.78 Å². The summed E-state index contributed by atoms with van der Waals surface area (Å²) in [7, 11) is 0. The van der Waals surface area contributed by atoms with Gasteiger partial charge in [0.15, 0.2) is 11.6 Å². The van der Waals surface area contributed by atoms with Crippen LogP contribution in [0.15, 0.2) is 30.4 Å². The van der Waals surface area contributed by atoms with E-state index in [9.17, 15) is 8.78 Å². The Hall–Kier alpha value is -1.18. The molecular formula is C11H12F2. The molecule has 1 aromatic carbocycles. The Balaban J connectivity index is 2.63. The van der Waals surface area contributed by atoms with Crippen molar-refractivity contribution in [3.05, 3.63) is 47.5 Å². The minimum absolute atomic E-state index is 0.752. The van der Waals surface area contributed by atoms with Crippen molar-refractivity contribution in [2.24, 2.45) is 0 Å². The molecule has 0 spiro atoms. The summed E-state index contributed by atoms with van der Waals surface area (Å²) in [6.07, 6.45) is 5.56. The van der Waals surface area contributed by atoms with E-state index in [0.717, 1.165) is 18.4 Å². The maximum Gasteiger partial charge on any atom is 0.159 e. The standard InChI is InChI=1S/C11H12F2/c1-2-3-4-5-9-6-7-10(12)11(13)8-9/h2-3,6-8H,4-5H2,1H3/b3-2-. The van der Waals surface area contributed by atoms with E-state index in [1.165, 1.54) is 12.1 Å². The molecule has 13 heavy (non-hydrogen) atoms. The van der Waals surface area contributed by atoms with Crippen LogP contribution in [0.25, 0.3) is 0 Å². The van der Waals surface area contributed by atoms with Crippen LogP contribution < -0.4 is 0 Å². The molecule has 0 fully saturated rings. The highest BCUT2D eigenvalue weighted by atomic mass is 19.2. The maximum absolute atomic E-state index is 12.7. The van der Waals surface area contributed by atoms with Gasteiger partial charge < -0.3 is 0 Å². The Labute approximate surface area is 76.9 Å². The van der Waals surface area contributed by atoms with Crippen molar-refractivity contribution < 1.29 is 8.78 Å². The van der Waals surface area contributed by atoms with Crippen LogP contribution in [0.1, 0.15) is 18.9 Å². The fourth-order valence-electron chi connectivity index (χ4n) is 1.11. The molecule has 0 heterocycles. The minimum Gasteiger partial charge on any atom is -0.204 e. The lowest BCUT2D eigenvalue weighted by molar-refractivity contribution is 0.507. The van der Waals surface area contributed by atoms with Crippen molar-refractivity contribution in [1.82, 2.24) is 0 Å². The predicted octanol–water partition coefficient (Wildman–Crippen LogP) is 3.47. The smallest absolute Gasteiger partial charge is 0.159 e. The number of allylic oxidation sites excluding steroid dienone is 2. The molecule has 1 rings (SSSR count). The van der Waals surface area contributed by atoms with Gasteiger partial charge >= 0.3 is 0 Å². The van der Waals surface area contributed by atoms with Crippen LogP contribution in [-0.4, -0.2) is 0 Å². The minimum atomic E-state index is -0.783. The van der Waals surface area contributed by atoms with Crippen LogP contribution in [-0.2, 0) is 6.42 Å². The number of hydrogen-bond donors (Lipinski definition) is 0. The van der Waals surface area contributed by atoms with Gasteiger partial charge in [-0.3, -0.25) is 0 Å². The van der Waals surface area contributed by atoms with E-state index in [2.05, 4.69) is 0 Å². The van der Waals surface area contributed by atoms with Gasteiger partial charge in [-0.15, -0.1) is 0 Å². The Bertz CT molecular complexity index is 303. The van der Waals surface area contributed by atoms with Gasteiger partial charge in [0.05, 0.1) is 0 Å². The molecule has 0 N–H and O–H groups in total. The summed E-state index contributed by atoms with van der Waals surface area (Å²) in [6, 6.07) is 4.03. The van der Waals surface area contributed by atoms with E-state index in [1.807, 2.05) is 19.1 Å². The second-order valence-electron chi connectivity index (χ2n) is 2.86. The fraction of sp³-hybridized carbons (Fsp3) is 0.273. The zero-order valence-electron chi connectivity index (χ0n) is 7.56. The van der Waals surface area contributed by atoms with E-state index >= 15 is 0 Å². The highest BCUT2D eigenvalue weighted by molar-refractivity contribution is 5.18. The van der Waals surface area contributed by atoms with Crippen LogP contribution in [0.4, 0.5) is 8.78 Å². The van der Waals surface area contributed by atoms with Crippen LogP contribution in [0.5, 0.6) is 0 Å². The summed E-state index contributed by atoms with van der Waals surface area (Å²) in [6.45, 7) is 1.94. The van der Waals surface area contributed by atoms with Crippen LogP contribution in [0, 0.1) is 11.6 Å². The number of benzene rings is 1. The number of halogens is 2. The Morgan fingerprint density at radius 3 is 2.62 bits per heavy atom. The summed E-state index contributed by atoms with van der Waals surface area (Å²) >= 11 is 0. The Morgan fingerprint density at radius 1 is 1.23 bits per heavy atom. The second kappa shape index (κ2) is 4.75. The third kappa shape index (κ3) is 2.98. The van der Waals surface area contributed by atoms with Gasteiger partial charge in [0, 0.05) is 0 Å². The third-order valence-electron chi connectivity index (χ3n) is 1.82. The van der Waals surface area contributed by atoms with E-state index < -0.39 is 11.6 Å². The highest BCUT2D eigenvalue weighted by Gasteiger charge is 2.00. The molecule has 0 saturated carbocycles. The van der Waals surface area contributed by atoms with Crippen molar-refractivity contribution in [1.29, 1.82) is 0 Å². The molecule has 0 aliphatic rings. The topological polar surface area (TPSA) is 0 Å². The molecule has 1 aromatic rings. The average Bonchev–Trinajstić information content (AvgIpc) is 2.12. The molecule has 0 saturated heterocycles. The van der Waals surface area contributed by atoms with Crippen molar-refractivity contribution in [3.63, 3.8) is 0 Å². The van der Waals surface area contributed by atoms with Crippen molar-refractivity contribution in [2.45, 2.75) is 19.8 Å². The van der Waals surface area contributed by atoms with Gasteiger partial charge in [0.2, 0.25) is 0 Å². The normalized spacial score (nSPS) is 11.0. The summed E-state index contributed by atoms with van der Waals surface area (Å²) in [4.78, 5) is 0. The quantitative estimate of drug-likeness (QED) is 0.628. The fourth-order valence-corrected chi connectivity index (χ4v) is 1.11.